The molecule has 1 unspecified atom stereocenters. The van der Waals surface area contributed by atoms with Crippen molar-refractivity contribution in [2.24, 2.45) is 0 Å². The van der Waals surface area contributed by atoms with E-state index in [1.807, 2.05) is 6.07 Å². The van der Waals surface area contributed by atoms with Crippen molar-refractivity contribution in [3.63, 3.8) is 0 Å². The fourth-order valence-electron chi connectivity index (χ4n) is 3.14. The normalized spacial score (nSPS) is 12.6. The van der Waals surface area contributed by atoms with Gasteiger partial charge in [-0.2, -0.15) is 0 Å². The Morgan fingerprint density at radius 2 is 1.31 bits per heavy atom. The van der Waals surface area contributed by atoms with Gasteiger partial charge in [0.2, 0.25) is 0 Å². The average molecular weight is 540 g/mol. The molecule has 2 rings (SSSR count). The summed E-state index contributed by atoms with van der Waals surface area (Å²) in [6, 6.07) is 2.01. The molecule has 10 nitrogen and oxygen atoms in total. The number of hydrogen-bond acceptors (Lipinski definition) is 5. The van der Waals surface area contributed by atoms with Crippen molar-refractivity contribution in [3.05, 3.63) is 56.0 Å². The molecule has 36 heavy (non-hydrogen) atoms. The van der Waals surface area contributed by atoms with E-state index >= 15 is 0 Å². The van der Waals surface area contributed by atoms with E-state index < -0.39 is 0 Å². The van der Waals surface area contributed by atoms with Gasteiger partial charge < -0.3 is 0 Å². The number of hydrogen-bond donors (Lipinski definition) is 0. The molecule has 0 aromatic heterocycles. The molecule has 0 bridgehead atoms. The topological polar surface area (TPSA) is 146 Å². The van der Waals surface area contributed by atoms with Gasteiger partial charge in [-0.25, -0.2) is 0 Å². The summed E-state index contributed by atoms with van der Waals surface area (Å²) in [6.45, 7) is 28.7. The Morgan fingerprint density at radius 3 is 1.67 bits per heavy atom. The van der Waals surface area contributed by atoms with E-state index in [0.717, 1.165) is 29.5 Å². The molecule has 1 aromatic rings. The zero-order valence-corrected chi connectivity index (χ0v) is 22.4. The van der Waals surface area contributed by atoms with Crippen LogP contribution in [0.3, 0.4) is 0 Å². The monoisotopic (exact) mass is 540 g/mol. The molecule has 0 amide bonds. The number of benzene rings is 1. The van der Waals surface area contributed by atoms with E-state index in [1.165, 1.54) is 0 Å². The molecule has 0 heterocycles. The van der Waals surface area contributed by atoms with Crippen molar-refractivity contribution in [1.29, 1.82) is 0 Å². The SMILES string of the molecule is CO[C](=[Cr])C1=Cc2c(cc(OC)c(OC)c2OC)CCC1OC(C)(C)C.[C-]#[O+].[C-]#[O+].[C-]#[O+].[C-]#[O+].[C-]#[O+]. The van der Waals surface area contributed by atoms with Crippen molar-refractivity contribution < 1.29 is 62.8 Å². The Kier molecular flexibility index (Phi) is 27.1. The standard InChI is InChI=1S/C20H28O5.5CO.Cr/c1-20(2,3)25-16-9-8-13-11-17(22-5)19(24-7)18(23-6)15(13)10-14(16)12-21-4;5*1-2;/h10-11,16H,8-9H2,1-7H3;;;;;;. The van der Waals surface area contributed by atoms with E-state index in [0.29, 0.717) is 21.8 Å². The number of ether oxygens (including phenoxy) is 5. The Hall–Kier alpha value is -2.62. The first-order valence-electron chi connectivity index (χ1n) is 9.57. The third-order valence-corrected chi connectivity index (χ3v) is 4.82. The van der Waals surface area contributed by atoms with Crippen LogP contribution in [0.5, 0.6) is 17.2 Å². The third-order valence-electron chi connectivity index (χ3n) is 4.19. The molecule has 1 aromatic carbocycles. The second kappa shape index (κ2) is 24.1. The van der Waals surface area contributed by atoms with Crippen molar-refractivity contribution in [1.82, 2.24) is 0 Å². The molecule has 0 spiro atoms. The van der Waals surface area contributed by atoms with Crippen LogP contribution in [0, 0.1) is 33.3 Å². The maximum absolute atomic E-state index is 7.50. The minimum absolute atomic E-state index is 0.0969. The zero-order valence-electron chi connectivity index (χ0n) is 21.1. The van der Waals surface area contributed by atoms with Gasteiger partial charge >= 0.3 is 220 Å². The van der Waals surface area contributed by atoms with Crippen molar-refractivity contribution in [2.75, 3.05) is 28.4 Å². The fourth-order valence-corrected chi connectivity index (χ4v) is 3.44. The quantitative estimate of drug-likeness (QED) is 0.401. The maximum atomic E-state index is 7.50. The van der Waals surface area contributed by atoms with Gasteiger partial charge in [-0.3, -0.25) is 0 Å². The molecule has 194 valence electrons. The van der Waals surface area contributed by atoms with E-state index in [4.69, 9.17) is 46.9 Å². The van der Waals surface area contributed by atoms with Crippen LogP contribution in [-0.2, 0) is 55.0 Å². The zero-order chi connectivity index (χ0) is 29.5. The molecule has 0 N–H and O–H groups in total. The van der Waals surface area contributed by atoms with Crippen LogP contribution in [0.1, 0.15) is 38.3 Å². The summed E-state index contributed by atoms with van der Waals surface area (Å²) in [5.41, 5.74) is 2.78. The Labute approximate surface area is 220 Å². The van der Waals surface area contributed by atoms with Gasteiger partial charge in [-0.15, -0.1) is 0 Å². The average Bonchev–Trinajstić information content (AvgIpc) is 3.10. The van der Waals surface area contributed by atoms with Crippen molar-refractivity contribution in [3.8, 4) is 17.2 Å². The number of methoxy groups -OCH3 is 4. The van der Waals surface area contributed by atoms with Crippen LogP contribution in [0.25, 0.3) is 6.08 Å². The van der Waals surface area contributed by atoms with Gasteiger partial charge in [-0.05, 0) is 0 Å². The minimum atomic E-state index is -0.270. The van der Waals surface area contributed by atoms with Crippen LogP contribution in [0.2, 0.25) is 0 Å². The summed E-state index contributed by atoms with van der Waals surface area (Å²) >= 11 is 3.01. The van der Waals surface area contributed by atoms with Gasteiger partial charge in [0.05, 0.1) is 0 Å². The first kappa shape index (κ1) is 40.5. The van der Waals surface area contributed by atoms with E-state index in [9.17, 15) is 0 Å². The molecular formula is C25H28CrO10. The Balaban J connectivity index is -0.000000456. The molecule has 1 atom stereocenters. The second-order valence-corrected chi connectivity index (χ2v) is 7.65. The third kappa shape index (κ3) is 12.9. The van der Waals surface area contributed by atoms with Gasteiger partial charge in [0.1, 0.15) is 0 Å². The molecular weight excluding hydrogens is 512 g/mol. The number of rotatable bonds is 6. The molecule has 0 saturated heterocycles. The summed E-state index contributed by atoms with van der Waals surface area (Å²) in [7, 11) is 6.53. The van der Waals surface area contributed by atoms with E-state index in [-0.39, 0.29) is 11.7 Å². The predicted octanol–water partition coefficient (Wildman–Crippen LogP) is 3.36. The molecule has 0 radical (unpaired) electrons. The number of fused-ring (bicyclic) bond motifs is 1. The molecule has 1 aliphatic carbocycles. The van der Waals surface area contributed by atoms with Gasteiger partial charge in [0.15, 0.2) is 0 Å². The van der Waals surface area contributed by atoms with Crippen molar-refractivity contribution in [2.45, 2.75) is 45.3 Å². The van der Waals surface area contributed by atoms with Crippen LogP contribution in [0.15, 0.2) is 11.6 Å². The molecule has 0 fully saturated rings. The molecule has 0 aliphatic heterocycles. The number of aryl methyl sites for hydroxylation is 1. The van der Waals surface area contributed by atoms with E-state index in [2.05, 4.69) is 76.0 Å². The molecule has 0 saturated carbocycles. The molecule has 11 heteroatoms. The first-order valence-corrected chi connectivity index (χ1v) is 10.2. The summed E-state index contributed by atoms with van der Waals surface area (Å²) in [4.78, 5) is 0. The van der Waals surface area contributed by atoms with Crippen LogP contribution < -0.4 is 14.2 Å². The van der Waals surface area contributed by atoms with Gasteiger partial charge in [0.25, 0.3) is 0 Å². The predicted molar refractivity (Wildman–Crippen MR) is 119 cm³/mol. The summed E-state index contributed by atoms with van der Waals surface area (Å²) < 4.78 is 66.7. The fraction of sp³-hybridized carbons (Fsp3) is 0.440. The van der Waals surface area contributed by atoms with Crippen LogP contribution in [0.4, 0.5) is 0 Å². The Morgan fingerprint density at radius 1 is 0.833 bits per heavy atom. The Bertz CT molecular complexity index is 883. The summed E-state index contributed by atoms with van der Waals surface area (Å²) in [5, 5.41) is 0. The molecule has 1 aliphatic rings. The van der Waals surface area contributed by atoms with Crippen LogP contribution in [-0.4, -0.2) is 44.7 Å². The summed E-state index contributed by atoms with van der Waals surface area (Å²) in [5.74, 6) is 1.89. The van der Waals surface area contributed by atoms with Crippen LogP contribution >= 0.6 is 0 Å². The van der Waals surface area contributed by atoms with E-state index in [1.54, 1.807) is 28.4 Å². The van der Waals surface area contributed by atoms with Crippen molar-refractivity contribution >= 4 is 10.6 Å². The van der Waals surface area contributed by atoms with Gasteiger partial charge in [-0.1, -0.05) is 0 Å². The summed E-state index contributed by atoms with van der Waals surface area (Å²) in [6.07, 6.45) is 3.61. The second-order valence-electron chi connectivity index (χ2n) is 7.07. The first-order chi connectivity index (χ1) is 17.3. The van der Waals surface area contributed by atoms with Gasteiger partial charge in [0, 0.05) is 0 Å².